The van der Waals surface area contributed by atoms with E-state index >= 15 is 0 Å². The fraction of sp³-hybridized carbons (Fsp3) is 1.00. The van der Waals surface area contributed by atoms with E-state index in [9.17, 15) is 0 Å². The molecule has 0 fully saturated rings. The summed E-state index contributed by atoms with van der Waals surface area (Å²) < 4.78 is 0. The first-order valence-electron chi connectivity index (χ1n) is 7.01. The molecule has 0 heteroatoms. The third-order valence-corrected chi connectivity index (χ3v) is 3.71. The van der Waals surface area contributed by atoms with Gasteiger partial charge in [-0.2, -0.15) is 0 Å². The van der Waals surface area contributed by atoms with Gasteiger partial charge in [0.1, 0.15) is 0 Å². The molecule has 0 heterocycles. The second kappa shape index (κ2) is 8.19. The first kappa shape index (κ1) is 15.0. The molecule has 0 aromatic carbocycles. The lowest BCUT2D eigenvalue weighted by molar-refractivity contribution is 0.239. The maximum absolute atomic E-state index is 2.47. The summed E-state index contributed by atoms with van der Waals surface area (Å²) in [6.45, 7) is 14.2. The Morgan fingerprint density at radius 1 is 0.867 bits per heavy atom. The summed E-state index contributed by atoms with van der Waals surface area (Å²) in [5, 5.41) is 0. The van der Waals surface area contributed by atoms with Crippen LogP contribution in [0.1, 0.15) is 73.6 Å². The van der Waals surface area contributed by atoms with E-state index in [-0.39, 0.29) is 0 Å². The van der Waals surface area contributed by atoms with E-state index in [2.05, 4.69) is 41.5 Å². The Kier molecular flexibility index (Phi) is 8.19. The van der Waals surface area contributed by atoms with Crippen molar-refractivity contribution in [3.8, 4) is 0 Å². The normalized spacial score (nSPS) is 17.8. The topological polar surface area (TPSA) is 0 Å². The van der Waals surface area contributed by atoms with Crippen LogP contribution in [0, 0.1) is 23.7 Å². The van der Waals surface area contributed by atoms with E-state index in [0.717, 1.165) is 23.7 Å². The third-order valence-electron chi connectivity index (χ3n) is 3.71. The zero-order valence-corrected chi connectivity index (χ0v) is 11.8. The zero-order chi connectivity index (χ0) is 11.8. The van der Waals surface area contributed by atoms with Gasteiger partial charge >= 0.3 is 0 Å². The minimum absolute atomic E-state index is 0.862. The maximum Gasteiger partial charge on any atom is -0.0386 e. The molecular formula is C15H32. The molecule has 0 saturated heterocycles. The van der Waals surface area contributed by atoms with Gasteiger partial charge in [-0.1, -0.05) is 60.8 Å². The summed E-state index contributed by atoms with van der Waals surface area (Å²) in [4.78, 5) is 0. The van der Waals surface area contributed by atoms with Crippen LogP contribution in [0.3, 0.4) is 0 Å². The van der Waals surface area contributed by atoms with Gasteiger partial charge in [0.05, 0.1) is 0 Å². The minimum atomic E-state index is 0.862. The largest absolute Gasteiger partial charge is 0.0654 e. The van der Waals surface area contributed by atoms with Gasteiger partial charge < -0.3 is 0 Å². The molecule has 0 aliphatic rings. The molecule has 0 radical (unpaired) electrons. The van der Waals surface area contributed by atoms with E-state index in [4.69, 9.17) is 0 Å². The van der Waals surface area contributed by atoms with Crippen molar-refractivity contribution >= 4 is 0 Å². The van der Waals surface area contributed by atoms with Crippen LogP contribution in [0.25, 0.3) is 0 Å². The Labute approximate surface area is 97.8 Å². The van der Waals surface area contributed by atoms with E-state index in [1.165, 1.54) is 32.1 Å². The van der Waals surface area contributed by atoms with Crippen LogP contribution in [0.5, 0.6) is 0 Å². The fourth-order valence-electron chi connectivity index (χ4n) is 2.60. The van der Waals surface area contributed by atoms with Crippen LogP contribution in [-0.2, 0) is 0 Å². The second-order valence-electron chi connectivity index (χ2n) is 5.90. The lowest BCUT2D eigenvalue weighted by atomic mass is 9.79. The highest BCUT2D eigenvalue weighted by atomic mass is 14.2. The monoisotopic (exact) mass is 212 g/mol. The summed E-state index contributed by atoms with van der Waals surface area (Å²) in [5.41, 5.74) is 0. The van der Waals surface area contributed by atoms with E-state index in [1.807, 2.05) is 0 Å². The lowest BCUT2D eigenvalue weighted by Crippen LogP contribution is -2.16. The molecule has 0 amide bonds. The predicted octanol–water partition coefficient (Wildman–Crippen LogP) is 5.52. The van der Waals surface area contributed by atoms with E-state index in [0.29, 0.717) is 0 Å². The molecule has 0 bridgehead atoms. The number of rotatable bonds is 8. The summed E-state index contributed by atoms with van der Waals surface area (Å²) in [6, 6.07) is 0. The molecule has 15 heavy (non-hydrogen) atoms. The fourth-order valence-corrected chi connectivity index (χ4v) is 2.60. The van der Waals surface area contributed by atoms with Crippen molar-refractivity contribution in [1.29, 1.82) is 0 Å². The first-order chi connectivity index (χ1) is 7.01. The highest BCUT2D eigenvalue weighted by Gasteiger charge is 2.19. The molecule has 92 valence electrons. The third kappa shape index (κ3) is 6.98. The average molecular weight is 212 g/mol. The van der Waals surface area contributed by atoms with Crippen LogP contribution in [0.15, 0.2) is 0 Å². The van der Waals surface area contributed by atoms with Gasteiger partial charge in [0.15, 0.2) is 0 Å². The molecule has 3 unspecified atom stereocenters. The van der Waals surface area contributed by atoms with E-state index in [1.54, 1.807) is 0 Å². The van der Waals surface area contributed by atoms with Gasteiger partial charge in [0.2, 0.25) is 0 Å². The minimum Gasteiger partial charge on any atom is -0.0654 e. The molecule has 0 rings (SSSR count). The highest BCUT2D eigenvalue weighted by molar-refractivity contribution is 4.70. The Morgan fingerprint density at radius 2 is 1.47 bits per heavy atom. The van der Waals surface area contributed by atoms with Crippen molar-refractivity contribution in [2.24, 2.45) is 23.7 Å². The average Bonchev–Trinajstić information content (AvgIpc) is 2.16. The summed E-state index contributed by atoms with van der Waals surface area (Å²) in [5.74, 6) is 3.65. The van der Waals surface area contributed by atoms with Gasteiger partial charge in [-0.25, -0.2) is 0 Å². The van der Waals surface area contributed by atoms with Crippen LogP contribution in [-0.4, -0.2) is 0 Å². The molecule has 0 nitrogen and oxygen atoms in total. The Morgan fingerprint density at radius 3 is 1.87 bits per heavy atom. The maximum atomic E-state index is 2.47. The van der Waals surface area contributed by atoms with Crippen LogP contribution in [0.4, 0.5) is 0 Å². The smallest absolute Gasteiger partial charge is 0.0386 e. The number of hydrogen-bond acceptors (Lipinski definition) is 0. The molecule has 0 aromatic heterocycles. The molecule has 0 spiro atoms. The Bertz CT molecular complexity index is 137. The quantitative estimate of drug-likeness (QED) is 0.497. The van der Waals surface area contributed by atoms with Gasteiger partial charge in [-0.15, -0.1) is 0 Å². The van der Waals surface area contributed by atoms with Gasteiger partial charge in [0.25, 0.3) is 0 Å². The second-order valence-corrected chi connectivity index (χ2v) is 5.90. The van der Waals surface area contributed by atoms with Crippen molar-refractivity contribution in [1.82, 2.24) is 0 Å². The van der Waals surface area contributed by atoms with Crippen molar-refractivity contribution in [3.05, 3.63) is 0 Å². The predicted molar refractivity (Wildman–Crippen MR) is 71.1 cm³/mol. The van der Waals surface area contributed by atoms with Crippen molar-refractivity contribution in [3.63, 3.8) is 0 Å². The van der Waals surface area contributed by atoms with Gasteiger partial charge in [-0.05, 0) is 36.5 Å². The van der Waals surface area contributed by atoms with Crippen molar-refractivity contribution < 1.29 is 0 Å². The molecule has 0 N–H and O–H groups in total. The van der Waals surface area contributed by atoms with Crippen molar-refractivity contribution in [2.75, 3.05) is 0 Å². The van der Waals surface area contributed by atoms with Crippen LogP contribution in [0.2, 0.25) is 0 Å². The van der Waals surface area contributed by atoms with Gasteiger partial charge in [0, 0.05) is 0 Å². The number of hydrogen-bond donors (Lipinski definition) is 0. The molecule has 0 saturated carbocycles. The van der Waals surface area contributed by atoms with E-state index < -0.39 is 0 Å². The molecule has 0 aliphatic carbocycles. The molecular weight excluding hydrogens is 180 g/mol. The summed E-state index contributed by atoms with van der Waals surface area (Å²) in [7, 11) is 0. The SMILES string of the molecule is CCCC(CC(C)C)C(C)CC(C)CC. The van der Waals surface area contributed by atoms with Crippen LogP contribution < -0.4 is 0 Å². The van der Waals surface area contributed by atoms with Crippen LogP contribution >= 0.6 is 0 Å². The molecule has 0 aromatic rings. The Hall–Kier alpha value is 0. The Balaban J connectivity index is 4.08. The summed E-state index contributed by atoms with van der Waals surface area (Å²) >= 11 is 0. The van der Waals surface area contributed by atoms with Gasteiger partial charge in [-0.3, -0.25) is 0 Å². The molecule has 0 aliphatic heterocycles. The molecule has 3 atom stereocenters. The standard InChI is InChI=1S/C15H32/c1-7-9-15(10-12(3)4)14(6)11-13(5)8-2/h12-15H,7-11H2,1-6H3. The highest BCUT2D eigenvalue weighted by Crippen LogP contribution is 2.30. The lowest BCUT2D eigenvalue weighted by Gasteiger charge is -2.27. The summed E-state index contributed by atoms with van der Waals surface area (Å²) in [6.07, 6.45) is 6.96. The first-order valence-corrected chi connectivity index (χ1v) is 7.01. The van der Waals surface area contributed by atoms with Crippen molar-refractivity contribution in [2.45, 2.75) is 73.6 Å². The zero-order valence-electron chi connectivity index (χ0n) is 11.8.